The Balaban J connectivity index is 0.00000225. The predicted molar refractivity (Wildman–Crippen MR) is 102 cm³/mol. The van der Waals surface area contributed by atoms with Gasteiger partial charge in [0.05, 0.1) is 5.92 Å². The molecular weight excluding hydrogens is 338 g/mol. The van der Waals surface area contributed by atoms with Crippen LogP contribution in [0.4, 0.5) is 0 Å². The van der Waals surface area contributed by atoms with Crippen LogP contribution in [0.25, 0.3) is 0 Å². The number of piperidine rings is 1. The third-order valence-corrected chi connectivity index (χ3v) is 6.26. The van der Waals surface area contributed by atoms with Gasteiger partial charge in [-0.3, -0.25) is 9.59 Å². The Hall–Kier alpha value is -0.810. The summed E-state index contributed by atoms with van der Waals surface area (Å²) in [6.45, 7) is 5.64. The zero-order valence-electron chi connectivity index (χ0n) is 15.7. The SMILES string of the molecule is CNCC1CCCN(C(=O)C2CC(=O)N(C3CCC(C)CC3)C2)C1.Cl. The Labute approximate surface area is 158 Å². The molecule has 6 heteroatoms. The van der Waals surface area contributed by atoms with Gasteiger partial charge >= 0.3 is 0 Å². The van der Waals surface area contributed by atoms with Crippen LogP contribution in [0.3, 0.4) is 0 Å². The van der Waals surface area contributed by atoms with Gasteiger partial charge in [-0.05, 0) is 64.0 Å². The molecule has 25 heavy (non-hydrogen) atoms. The van der Waals surface area contributed by atoms with Crippen molar-refractivity contribution in [1.82, 2.24) is 15.1 Å². The average molecular weight is 372 g/mol. The molecule has 5 nitrogen and oxygen atoms in total. The number of likely N-dealkylation sites (tertiary alicyclic amines) is 2. The first-order chi connectivity index (χ1) is 11.6. The number of carbonyl (C=O) groups excluding carboxylic acids is 2. The van der Waals surface area contributed by atoms with Gasteiger partial charge in [0, 0.05) is 32.1 Å². The molecule has 2 saturated heterocycles. The summed E-state index contributed by atoms with van der Waals surface area (Å²) in [5, 5.41) is 3.23. The van der Waals surface area contributed by atoms with Gasteiger partial charge in [-0.25, -0.2) is 0 Å². The first kappa shape index (κ1) is 20.5. The molecule has 2 unspecified atom stereocenters. The normalized spacial score (nSPS) is 33.3. The van der Waals surface area contributed by atoms with Crippen molar-refractivity contribution in [3.05, 3.63) is 0 Å². The highest BCUT2D eigenvalue weighted by Crippen LogP contribution is 2.32. The van der Waals surface area contributed by atoms with Crippen molar-refractivity contribution in [3.63, 3.8) is 0 Å². The number of carbonyl (C=O) groups is 2. The maximum atomic E-state index is 12.9. The Morgan fingerprint density at radius 2 is 1.88 bits per heavy atom. The monoisotopic (exact) mass is 371 g/mol. The van der Waals surface area contributed by atoms with Crippen LogP contribution >= 0.6 is 12.4 Å². The summed E-state index contributed by atoms with van der Waals surface area (Å²) >= 11 is 0. The van der Waals surface area contributed by atoms with Crippen molar-refractivity contribution in [2.75, 3.05) is 33.2 Å². The van der Waals surface area contributed by atoms with E-state index in [9.17, 15) is 9.59 Å². The lowest BCUT2D eigenvalue weighted by Crippen LogP contribution is -2.46. The molecule has 2 amide bonds. The maximum absolute atomic E-state index is 12.9. The van der Waals surface area contributed by atoms with Gasteiger partial charge < -0.3 is 15.1 Å². The Bertz CT molecular complexity index is 464. The van der Waals surface area contributed by atoms with E-state index in [1.54, 1.807) is 0 Å². The minimum absolute atomic E-state index is 0. The first-order valence-corrected chi connectivity index (χ1v) is 9.81. The lowest BCUT2D eigenvalue weighted by molar-refractivity contribution is -0.137. The van der Waals surface area contributed by atoms with E-state index in [-0.39, 0.29) is 30.1 Å². The fraction of sp³-hybridized carbons (Fsp3) is 0.895. The Kier molecular flexibility index (Phi) is 7.56. The molecule has 0 aromatic carbocycles. The number of halogens is 1. The van der Waals surface area contributed by atoms with Crippen molar-refractivity contribution in [1.29, 1.82) is 0 Å². The highest BCUT2D eigenvalue weighted by Gasteiger charge is 2.40. The minimum atomic E-state index is -0.106. The quantitative estimate of drug-likeness (QED) is 0.824. The van der Waals surface area contributed by atoms with Crippen LogP contribution in [-0.4, -0.2) is 60.9 Å². The molecule has 0 radical (unpaired) electrons. The molecule has 3 fully saturated rings. The number of nitrogens with zero attached hydrogens (tertiary/aromatic N) is 2. The Morgan fingerprint density at radius 3 is 2.56 bits per heavy atom. The molecule has 2 aliphatic heterocycles. The molecule has 3 aliphatic rings. The van der Waals surface area contributed by atoms with Gasteiger partial charge in [0.1, 0.15) is 0 Å². The fourth-order valence-corrected chi connectivity index (χ4v) is 4.78. The third kappa shape index (κ3) is 4.88. The van der Waals surface area contributed by atoms with E-state index in [0.717, 1.165) is 44.8 Å². The fourth-order valence-electron chi connectivity index (χ4n) is 4.78. The van der Waals surface area contributed by atoms with Crippen molar-refractivity contribution < 1.29 is 9.59 Å². The molecule has 144 valence electrons. The maximum Gasteiger partial charge on any atom is 0.228 e. The number of hydrogen-bond donors (Lipinski definition) is 1. The second kappa shape index (κ2) is 9.22. The summed E-state index contributed by atoms with van der Waals surface area (Å²) in [7, 11) is 1.97. The standard InChI is InChI=1S/C19H33N3O2.ClH/c1-14-5-7-17(8-6-14)22-13-16(10-18(22)23)19(24)21-9-3-4-15(12-21)11-20-2;/h14-17,20H,3-13H2,1-2H3;1H. The number of amides is 2. The molecule has 2 atom stereocenters. The van der Waals surface area contributed by atoms with Crippen LogP contribution in [0.15, 0.2) is 0 Å². The van der Waals surface area contributed by atoms with Crippen molar-refractivity contribution in [3.8, 4) is 0 Å². The van der Waals surface area contributed by atoms with Gasteiger partial charge in [-0.2, -0.15) is 0 Å². The van der Waals surface area contributed by atoms with Crippen LogP contribution in [-0.2, 0) is 9.59 Å². The first-order valence-electron chi connectivity index (χ1n) is 9.81. The van der Waals surface area contributed by atoms with Gasteiger partial charge in [-0.1, -0.05) is 6.92 Å². The number of rotatable bonds is 4. The summed E-state index contributed by atoms with van der Waals surface area (Å²) in [6, 6.07) is 0.380. The van der Waals surface area contributed by atoms with E-state index >= 15 is 0 Å². The lowest BCUT2D eigenvalue weighted by atomic mass is 9.86. The van der Waals surface area contributed by atoms with Crippen molar-refractivity contribution in [2.24, 2.45) is 17.8 Å². The molecule has 0 bridgehead atoms. The summed E-state index contributed by atoms with van der Waals surface area (Å²) in [5.74, 6) is 1.66. The van der Waals surface area contributed by atoms with Crippen LogP contribution in [0, 0.1) is 17.8 Å². The van der Waals surface area contributed by atoms with Gasteiger partial charge in [0.2, 0.25) is 11.8 Å². The second-order valence-electron chi connectivity index (χ2n) is 8.21. The van der Waals surface area contributed by atoms with E-state index in [2.05, 4.69) is 12.2 Å². The molecule has 3 rings (SSSR count). The topological polar surface area (TPSA) is 52.7 Å². The summed E-state index contributed by atoms with van der Waals surface area (Å²) < 4.78 is 0. The number of hydrogen-bond acceptors (Lipinski definition) is 3. The van der Waals surface area contributed by atoms with E-state index < -0.39 is 0 Å². The Morgan fingerprint density at radius 1 is 1.16 bits per heavy atom. The number of nitrogens with one attached hydrogen (secondary N) is 1. The third-order valence-electron chi connectivity index (χ3n) is 6.26. The molecule has 1 saturated carbocycles. The largest absolute Gasteiger partial charge is 0.342 e. The summed E-state index contributed by atoms with van der Waals surface area (Å²) in [6.07, 6.45) is 7.36. The average Bonchev–Trinajstić information content (AvgIpc) is 2.97. The van der Waals surface area contributed by atoms with E-state index in [0.29, 0.717) is 24.9 Å². The summed E-state index contributed by atoms with van der Waals surface area (Å²) in [4.78, 5) is 29.4. The van der Waals surface area contributed by atoms with Crippen LogP contribution in [0.5, 0.6) is 0 Å². The van der Waals surface area contributed by atoms with Crippen molar-refractivity contribution >= 4 is 24.2 Å². The molecular formula is C19H34ClN3O2. The highest BCUT2D eigenvalue weighted by atomic mass is 35.5. The van der Waals surface area contributed by atoms with Gasteiger partial charge in [0.25, 0.3) is 0 Å². The predicted octanol–water partition coefficient (Wildman–Crippen LogP) is 2.29. The molecule has 0 spiro atoms. The second-order valence-corrected chi connectivity index (χ2v) is 8.21. The highest BCUT2D eigenvalue weighted by molar-refractivity contribution is 5.89. The van der Waals surface area contributed by atoms with Crippen molar-refractivity contribution in [2.45, 2.75) is 57.9 Å². The zero-order chi connectivity index (χ0) is 17.1. The van der Waals surface area contributed by atoms with Gasteiger partial charge in [0.15, 0.2) is 0 Å². The molecule has 1 aliphatic carbocycles. The smallest absolute Gasteiger partial charge is 0.228 e. The van der Waals surface area contributed by atoms with E-state index in [1.165, 1.54) is 19.3 Å². The van der Waals surface area contributed by atoms with Crippen LogP contribution in [0.1, 0.15) is 51.9 Å². The zero-order valence-corrected chi connectivity index (χ0v) is 16.5. The summed E-state index contributed by atoms with van der Waals surface area (Å²) in [5.41, 5.74) is 0. The van der Waals surface area contributed by atoms with E-state index in [1.807, 2.05) is 16.8 Å². The van der Waals surface area contributed by atoms with Crippen LogP contribution < -0.4 is 5.32 Å². The van der Waals surface area contributed by atoms with Gasteiger partial charge in [-0.15, -0.1) is 12.4 Å². The minimum Gasteiger partial charge on any atom is -0.342 e. The molecule has 1 N–H and O–H groups in total. The lowest BCUT2D eigenvalue weighted by Gasteiger charge is -2.35. The molecule has 2 heterocycles. The van der Waals surface area contributed by atoms with Crippen LogP contribution in [0.2, 0.25) is 0 Å². The molecule has 0 aromatic rings. The molecule has 0 aromatic heterocycles. The van der Waals surface area contributed by atoms with E-state index in [4.69, 9.17) is 0 Å².